The average molecular weight is 422 g/mol. The van der Waals surface area contributed by atoms with Crippen molar-refractivity contribution in [2.45, 2.75) is 39.7 Å². The number of nitrogens with one attached hydrogen (secondary N) is 1. The van der Waals surface area contributed by atoms with Gasteiger partial charge >= 0.3 is 17.9 Å². The lowest BCUT2D eigenvalue weighted by Crippen LogP contribution is -2.26. The third kappa shape index (κ3) is 5.93. The smallest absolute Gasteiger partial charge is 0.350 e. The Morgan fingerprint density at radius 2 is 1.76 bits per heavy atom. The van der Waals surface area contributed by atoms with Gasteiger partial charge in [-0.25, -0.2) is 9.59 Å². The molecule has 1 atom stereocenters. The van der Waals surface area contributed by atoms with Gasteiger partial charge in [0, 0.05) is 23.1 Å². The third-order valence-electron chi connectivity index (χ3n) is 4.04. The normalized spacial score (nSPS) is 12.3. The van der Waals surface area contributed by atoms with Crippen LogP contribution in [0.4, 0.5) is 5.69 Å². The molecule has 0 bridgehead atoms. The third-order valence-corrected chi connectivity index (χ3v) is 5.19. The monoisotopic (exact) mass is 421 g/mol. The van der Waals surface area contributed by atoms with Crippen molar-refractivity contribution in [3.8, 4) is 0 Å². The molecule has 2 rings (SSSR count). The van der Waals surface area contributed by atoms with Crippen LogP contribution in [-0.4, -0.2) is 44.3 Å². The van der Waals surface area contributed by atoms with Crippen molar-refractivity contribution in [1.82, 2.24) is 0 Å². The topological polar surface area (TPSA) is 90.9 Å². The minimum atomic E-state index is -0.532. The van der Waals surface area contributed by atoms with Crippen LogP contribution in [0, 0.1) is 5.92 Å². The van der Waals surface area contributed by atoms with E-state index in [2.05, 4.69) is 5.32 Å². The minimum Gasteiger partial charge on any atom is -0.465 e. The van der Waals surface area contributed by atoms with E-state index in [1.54, 1.807) is 18.2 Å². The number of carbonyl (C=O) groups is 3. The molecular weight excluding hydrogens is 394 g/mol. The number of methoxy groups -OCH3 is 2. The summed E-state index contributed by atoms with van der Waals surface area (Å²) >= 11 is 1.28. The van der Waals surface area contributed by atoms with E-state index in [0.29, 0.717) is 22.7 Å². The maximum atomic E-state index is 12.2. The van der Waals surface area contributed by atoms with Gasteiger partial charge in [0.05, 0.1) is 25.5 Å². The van der Waals surface area contributed by atoms with Gasteiger partial charge in [0.25, 0.3) is 0 Å². The fourth-order valence-corrected chi connectivity index (χ4v) is 3.85. The van der Waals surface area contributed by atoms with Gasteiger partial charge in [-0.3, -0.25) is 4.79 Å². The number of fused-ring (bicyclic) bond motifs is 1. The molecule has 1 N–H and O–H groups in total. The van der Waals surface area contributed by atoms with Crippen molar-refractivity contribution in [1.29, 1.82) is 0 Å². The SMILES string of the molecule is COC(=O)c1ccc2sc(C(=O)OC)c(NC[C@@H](C)CC(=O)OC(C)(C)C)c2c1. The largest absolute Gasteiger partial charge is 0.465 e. The van der Waals surface area contributed by atoms with Gasteiger partial charge in [0.2, 0.25) is 0 Å². The van der Waals surface area contributed by atoms with Crippen molar-refractivity contribution in [2.75, 3.05) is 26.1 Å². The van der Waals surface area contributed by atoms with Crippen molar-refractivity contribution in [3.05, 3.63) is 28.6 Å². The van der Waals surface area contributed by atoms with E-state index in [0.717, 1.165) is 10.1 Å². The second kappa shape index (κ2) is 9.26. The van der Waals surface area contributed by atoms with E-state index < -0.39 is 17.5 Å². The number of rotatable bonds is 7. The summed E-state index contributed by atoms with van der Waals surface area (Å²) in [6.45, 7) is 7.84. The molecule has 0 unspecified atom stereocenters. The predicted molar refractivity (Wildman–Crippen MR) is 113 cm³/mol. The van der Waals surface area contributed by atoms with Crippen LogP contribution in [0.25, 0.3) is 10.1 Å². The lowest BCUT2D eigenvalue weighted by Gasteiger charge is -2.21. The van der Waals surface area contributed by atoms with Gasteiger partial charge < -0.3 is 19.5 Å². The number of esters is 3. The van der Waals surface area contributed by atoms with Crippen LogP contribution in [0.2, 0.25) is 0 Å². The Bertz CT molecular complexity index is 912. The van der Waals surface area contributed by atoms with Gasteiger partial charge in [-0.1, -0.05) is 6.92 Å². The van der Waals surface area contributed by atoms with E-state index in [-0.39, 0.29) is 18.3 Å². The Balaban J connectivity index is 2.26. The van der Waals surface area contributed by atoms with Crippen molar-refractivity contribution >= 4 is 45.0 Å². The summed E-state index contributed by atoms with van der Waals surface area (Å²) in [5.41, 5.74) is 0.438. The highest BCUT2D eigenvalue weighted by Crippen LogP contribution is 2.37. The highest BCUT2D eigenvalue weighted by Gasteiger charge is 2.22. The summed E-state index contributed by atoms with van der Waals surface area (Å²) < 4.78 is 15.9. The number of thiophene rings is 1. The fraction of sp³-hybridized carbons (Fsp3) is 0.476. The van der Waals surface area contributed by atoms with Gasteiger partial charge in [0.15, 0.2) is 0 Å². The summed E-state index contributed by atoms with van der Waals surface area (Å²) in [6.07, 6.45) is 0.243. The number of hydrogen-bond donors (Lipinski definition) is 1. The second-order valence-electron chi connectivity index (χ2n) is 7.78. The first kappa shape index (κ1) is 22.7. The van der Waals surface area contributed by atoms with Crippen LogP contribution in [0.15, 0.2) is 18.2 Å². The van der Waals surface area contributed by atoms with Crippen LogP contribution < -0.4 is 5.32 Å². The molecule has 0 fully saturated rings. The summed E-state index contributed by atoms with van der Waals surface area (Å²) in [5, 5.41) is 3.98. The second-order valence-corrected chi connectivity index (χ2v) is 8.83. The van der Waals surface area contributed by atoms with Crippen molar-refractivity contribution in [3.63, 3.8) is 0 Å². The highest BCUT2D eigenvalue weighted by molar-refractivity contribution is 7.21. The Kier molecular flexibility index (Phi) is 7.24. The van der Waals surface area contributed by atoms with E-state index >= 15 is 0 Å². The summed E-state index contributed by atoms with van der Waals surface area (Å²) in [7, 11) is 2.64. The van der Waals surface area contributed by atoms with E-state index in [1.807, 2.05) is 27.7 Å². The summed E-state index contributed by atoms with van der Waals surface area (Å²) in [6, 6.07) is 5.11. The first-order valence-corrected chi connectivity index (χ1v) is 10.1. The maximum Gasteiger partial charge on any atom is 0.350 e. The molecule has 0 aliphatic carbocycles. The molecule has 1 heterocycles. The molecule has 8 heteroatoms. The maximum absolute atomic E-state index is 12.2. The lowest BCUT2D eigenvalue weighted by molar-refractivity contribution is -0.155. The predicted octanol–water partition coefficient (Wildman–Crippen LogP) is 4.25. The number of carbonyl (C=O) groups excluding carboxylic acids is 3. The summed E-state index contributed by atoms with van der Waals surface area (Å²) in [4.78, 5) is 36.6. The summed E-state index contributed by atoms with van der Waals surface area (Å²) in [5.74, 6) is -1.23. The van der Waals surface area contributed by atoms with Crippen LogP contribution in [-0.2, 0) is 19.0 Å². The van der Waals surface area contributed by atoms with Crippen LogP contribution in [0.3, 0.4) is 0 Å². The molecule has 0 amide bonds. The Hall–Kier alpha value is -2.61. The molecule has 0 saturated heterocycles. The van der Waals surface area contributed by atoms with Crippen LogP contribution >= 0.6 is 11.3 Å². The Labute approximate surface area is 174 Å². The first-order chi connectivity index (χ1) is 13.6. The average Bonchev–Trinajstić information content (AvgIpc) is 3.01. The quantitative estimate of drug-likeness (QED) is 0.528. The van der Waals surface area contributed by atoms with Crippen LogP contribution in [0.1, 0.15) is 54.1 Å². The van der Waals surface area contributed by atoms with Gasteiger partial charge in [-0.2, -0.15) is 0 Å². The zero-order chi connectivity index (χ0) is 21.8. The van der Waals surface area contributed by atoms with Gasteiger partial charge in [-0.05, 0) is 44.9 Å². The highest BCUT2D eigenvalue weighted by atomic mass is 32.1. The zero-order valence-corrected chi connectivity index (χ0v) is 18.4. The Morgan fingerprint density at radius 1 is 1.10 bits per heavy atom. The molecule has 0 spiro atoms. The number of anilines is 1. The fourth-order valence-electron chi connectivity index (χ4n) is 2.77. The van der Waals surface area contributed by atoms with Gasteiger partial charge in [-0.15, -0.1) is 11.3 Å². The molecule has 0 aliphatic heterocycles. The minimum absolute atomic E-state index is 0.0333. The first-order valence-electron chi connectivity index (χ1n) is 9.24. The molecule has 158 valence electrons. The van der Waals surface area contributed by atoms with Crippen LogP contribution in [0.5, 0.6) is 0 Å². The number of ether oxygens (including phenoxy) is 3. The molecule has 2 aromatic rings. The molecule has 0 aliphatic rings. The van der Waals surface area contributed by atoms with E-state index in [9.17, 15) is 14.4 Å². The standard InChI is InChI=1S/C21H27NO6S/c1-12(9-16(23)28-21(2,3)4)11-22-17-14-10-13(19(24)26-5)7-8-15(14)29-18(17)20(25)27-6/h7-8,10,12,22H,9,11H2,1-6H3/t12-/m0/s1. The molecule has 7 nitrogen and oxygen atoms in total. The number of hydrogen-bond acceptors (Lipinski definition) is 8. The molecule has 0 radical (unpaired) electrons. The Morgan fingerprint density at radius 3 is 2.34 bits per heavy atom. The molecule has 1 aromatic carbocycles. The van der Waals surface area contributed by atoms with E-state index in [1.165, 1.54) is 25.6 Å². The molecule has 29 heavy (non-hydrogen) atoms. The van der Waals surface area contributed by atoms with Gasteiger partial charge in [0.1, 0.15) is 10.5 Å². The molecule has 1 aromatic heterocycles. The van der Waals surface area contributed by atoms with Crippen molar-refractivity contribution in [2.24, 2.45) is 5.92 Å². The molecule has 0 saturated carbocycles. The number of benzene rings is 1. The molecular formula is C21H27NO6S. The lowest BCUT2D eigenvalue weighted by atomic mass is 10.1. The van der Waals surface area contributed by atoms with E-state index in [4.69, 9.17) is 14.2 Å². The zero-order valence-electron chi connectivity index (χ0n) is 17.6. The van der Waals surface area contributed by atoms with Crippen molar-refractivity contribution < 1.29 is 28.6 Å².